The lowest BCUT2D eigenvalue weighted by Crippen LogP contribution is -2.22. The molecule has 1 aromatic carbocycles. The Balaban J connectivity index is 1.46. The van der Waals surface area contributed by atoms with Crippen molar-refractivity contribution in [2.45, 2.75) is 18.5 Å². The fourth-order valence-corrected chi connectivity index (χ4v) is 3.81. The van der Waals surface area contributed by atoms with Crippen LogP contribution in [0.25, 0.3) is 5.65 Å². The summed E-state index contributed by atoms with van der Waals surface area (Å²) in [6.45, 7) is 1.80. The summed E-state index contributed by atoms with van der Waals surface area (Å²) in [5.74, 6) is 0.103. The van der Waals surface area contributed by atoms with Gasteiger partial charge in [0, 0.05) is 36.6 Å². The second-order valence-electron chi connectivity index (χ2n) is 6.89. The van der Waals surface area contributed by atoms with E-state index in [1.54, 1.807) is 36.9 Å². The van der Waals surface area contributed by atoms with Gasteiger partial charge in [-0.15, -0.1) is 10.2 Å². The smallest absolute Gasteiger partial charge is 0.261 e. The summed E-state index contributed by atoms with van der Waals surface area (Å²) >= 11 is 1.22. The molecule has 0 saturated carbocycles. The number of benzene rings is 1. The van der Waals surface area contributed by atoms with Crippen LogP contribution in [-0.4, -0.2) is 35.8 Å². The minimum atomic E-state index is -0.365. The van der Waals surface area contributed by atoms with Crippen LogP contribution in [0.2, 0.25) is 0 Å². The van der Waals surface area contributed by atoms with E-state index in [9.17, 15) is 14.0 Å². The zero-order valence-corrected chi connectivity index (χ0v) is 17.7. The van der Waals surface area contributed by atoms with Gasteiger partial charge < -0.3 is 9.88 Å². The molecule has 0 saturated heterocycles. The molecule has 10 heteroatoms. The molecule has 0 fully saturated rings. The zero-order chi connectivity index (χ0) is 22.0. The van der Waals surface area contributed by atoms with Gasteiger partial charge in [-0.05, 0) is 43.3 Å². The molecule has 0 aliphatic heterocycles. The third kappa shape index (κ3) is 4.48. The van der Waals surface area contributed by atoms with Crippen LogP contribution in [0.15, 0.2) is 58.6 Å². The van der Waals surface area contributed by atoms with Gasteiger partial charge in [0.15, 0.2) is 5.16 Å². The van der Waals surface area contributed by atoms with Crippen molar-refractivity contribution in [3.05, 3.63) is 81.9 Å². The van der Waals surface area contributed by atoms with Crippen LogP contribution in [0.1, 0.15) is 17.1 Å². The number of rotatable bonds is 6. The Morgan fingerprint density at radius 1 is 1.16 bits per heavy atom. The number of fused-ring (bicyclic) bond motifs is 1. The van der Waals surface area contributed by atoms with Gasteiger partial charge in [-0.1, -0.05) is 17.8 Å². The van der Waals surface area contributed by atoms with Gasteiger partial charge in [-0.25, -0.2) is 9.37 Å². The number of aromatic nitrogens is 5. The molecular weight excluding hydrogens is 419 g/mol. The molecule has 4 rings (SSSR count). The lowest BCUT2D eigenvalue weighted by atomic mass is 10.1. The summed E-state index contributed by atoms with van der Waals surface area (Å²) in [5, 5.41) is 11.6. The predicted octanol–water partition coefficient (Wildman–Crippen LogP) is 2.59. The number of anilines is 1. The van der Waals surface area contributed by atoms with Crippen molar-refractivity contribution in [1.82, 2.24) is 24.1 Å². The average molecular weight is 438 g/mol. The monoisotopic (exact) mass is 438 g/mol. The fourth-order valence-electron chi connectivity index (χ4n) is 3.08. The number of halogens is 1. The van der Waals surface area contributed by atoms with Crippen molar-refractivity contribution < 1.29 is 9.18 Å². The lowest BCUT2D eigenvalue weighted by Gasteiger charge is -2.08. The first kappa shape index (κ1) is 20.7. The molecule has 158 valence electrons. The standard InChI is InChI=1S/C21H19FN6O2S/c1-13-16(20(30)28-10-4-3-5-17(28)23-13)11-18-25-26-21(27(18)2)31-12-19(29)24-15-8-6-14(22)7-9-15/h3-10H,11-12H2,1-2H3,(H,24,29). The lowest BCUT2D eigenvalue weighted by molar-refractivity contribution is -0.113. The van der Waals surface area contributed by atoms with E-state index in [4.69, 9.17) is 0 Å². The quantitative estimate of drug-likeness (QED) is 0.465. The van der Waals surface area contributed by atoms with Crippen LogP contribution < -0.4 is 10.9 Å². The van der Waals surface area contributed by atoms with E-state index >= 15 is 0 Å². The SMILES string of the molecule is Cc1nc2ccccn2c(=O)c1Cc1nnc(SCC(=O)Nc2ccc(F)cc2)n1C. The summed E-state index contributed by atoms with van der Waals surface area (Å²) in [4.78, 5) is 29.5. The number of pyridine rings is 1. The van der Waals surface area contributed by atoms with Crippen molar-refractivity contribution in [1.29, 1.82) is 0 Å². The largest absolute Gasteiger partial charge is 0.325 e. The van der Waals surface area contributed by atoms with Crippen LogP contribution >= 0.6 is 11.8 Å². The van der Waals surface area contributed by atoms with E-state index in [1.807, 2.05) is 6.07 Å². The zero-order valence-electron chi connectivity index (χ0n) is 16.9. The molecule has 0 aliphatic rings. The highest BCUT2D eigenvalue weighted by Gasteiger charge is 2.16. The Kier molecular flexibility index (Phi) is 5.81. The van der Waals surface area contributed by atoms with Crippen LogP contribution in [0.3, 0.4) is 0 Å². The minimum Gasteiger partial charge on any atom is -0.325 e. The molecule has 0 aliphatic carbocycles. The number of amides is 1. The molecule has 1 amide bonds. The van der Waals surface area contributed by atoms with Crippen molar-refractivity contribution in [3.8, 4) is 0 Å². The van der Waals surface area contributed by atoms with E-state index in [-0.39, 0.29) is 29.5 Å². The van der Waals surface area contributed by atoms with E-state index in [0.29, 0.717) is 33.6 Å². The number of nitrogens with one attached hydrogen (secondary N) is 1. The Morgan fingerprint density at radius 2 is 1.94 bits per heavy atom. The van der Waals surface area contributed by atoms with E-state index in [2.05, 4.69) is 20.5 Å². The molecule has 4 aromatic rings. The molecule has 3 heterocycles. The van der Waals surface area contributed by atoms with Crippen molar-refractivity contribution >= 4 is 29.0 Å². The molecule has 0 atom stereocenters. The molecule has 0 radical (unpaired) electrons. The number of hydrogen-bond acceptors (Lipinski definition) is 6. The van der Waals surface area contributed by atoms with Gasteiger partial charge in [0.05, 0.1) is 5.75 Å². The van der Waals surface area contributed by atoms with Crippen LogP contribution in [-0.2, 0) is 18.3 Å². The number of hydrogen-bond donors (Lipinski definition) is 1. The maximum absolute atomic E-state index is 13.0. The van der Waals surface area contributed by atoms with Gasteiger partial charge in [0.25, 0.3) is 5.56 Å². The Labute approximate surface area is 181 Å². The maximum atomic E-state index is 13.0. The first-order valence-electron chi connectivity index (χ1n) is 9.45. The van der Waals surface area contributed by atoms with Gasteiger partial charge >= 0.3 is 0 Å². The fraction of sp³-hybridized carbons (Fsp3) is 0.190. The Morgan fingerprint density at radius 3 is 2.71 bits per heavy atom. The third-order valence-electron chi connectivity index (χ3n) is 4.75. The van der Waals surface area contributed by atoms with Crippen molar-refractivity contribution in [3.63, 3.8) is 0 Å². The average Bonchev–Trinajstić information content (AvgIpc) is 3.10. The van der Waals surface area contributed by atoms with E-state index < -0.39 is 0 Å². The van der Waals surface area contributed by atoms with Gasteiger partial charge in [0.2, 0.25) is 5.91 Å². The molecule has 3 aromatic heterocycles. The Hall–Kier alpha value is -3.53. The Bertz CT molecular complexity index is 1320. The van der Waals surface area contributed by atoms with Gasteiger partial charge in [0.1, 0.15) is 17.3 Å². The van der Waals surface area contributed by atoms with Crippen LogP contribution in [0.5, 0.6) is 0 Å². The highest BCUT2D eigenvalue weighted by Crippen LogP contribution is 2.18. The van der Waals surface area contributed by atoms with E-state index in [0.717, 1.165) is 0 Å². The van der Waals surface area contributed by atoms with E-state index in [1.165, 1.54) is 40.4 Å². The second-order valence-corrected chi connectivity index (χ2v) is 7.83. The first-order chi connectivity index (χ1) is 14.9. The number of thioether (sulfide) groups is 1. The highest BCUT2D eigenvalue weighted by atomic mass is 32.2. The second kappa shape index (κ2) is 8.68. The molecule has 31 heavy (non-hydrogen) atoms. The first-order valence-corrected chi connectivity index (χ1v) is 10.4. The van der Waals surface area contributed by atoms with Gasteiger partial charge in [-0.3, -0.25) is 14.0 Å². The van der Waals surface area contributed by atoms with Crippen LogP contribution in [0, 0.1) is 12.7 Å². The molecule has 8 nitrogen and oxygen atoms in total. The van der Waals surface area contributed by atoms with Crippen molar-refractivity contribution in [2.24, 2.45) is 7.05 Å². The predicted molar refractivity (Wildman–Crippen MR) is 116 cm³/mol. The normalized spacial score (nSPS) is 11.1. The molecule has 1 N–H and O–H groups in total. The van der Waals surface area contributed by atoms with Gasteiger partial charge in [-0.2, -0.15) is 0 Å². The van der Waals surface area contributed by atoms with Crippen LogP contribution in [0.4, 0.5) is 10.1 Å². The minimum absolute atomic E-state index is 0.114. The number of aryl methyl sites for hydroxylation is 1. The molecule has 0 unspecified atom stereocenters. The summed E-state index contributed by atoms with van der Waals surface area (Å²) in [7, 11) is 1.79. The molecule has 0 bridgehead atoms. The summed E-state index contributed by atoms with van der Waals surface area (Å²) < 4.78 is 16.2. The number of carbonyl (C=O) groups excluding carboxylic acids is 1. The number of nitrogens with zero attached hydrogens (tertiary/aromatic N) is 5. The summed E-state index contributed by atoms with van der Waals surface area (Å²) in [6, 6.07) is 11.0. The highest BCUT2D eigenvalue weighted by molar-refractivity contribution is 7.99. The third-order valence-corrected chi connectivity index (χ3v) is 5.77. The van der Waals surface area contributed by atoms with Crippen molar-refractivity contribution in [2.75, 3.05) is 11.1 Å². The molecule has 0 spiro atoms. The summed E-state index contributed by atoms with van der Waals surface area (Å²) in [6.07, 6.45) is 1.96. The summed E-state index contributed by atoms with van der Waals surface area (Å²) in [5.41, 5.74) is 2.16. The number of carbonyl (C=O) groups is 1. The molecular formula is C21H19FN6O2S. The topological polar surface area (TPSA) is 94.2 Å². The maximum Gasteiger partial charge on any atom is 0.261 e.